The summed E-state index contributed by atoms with van der Waals surface area (Å²) in [6, 6.07) is 7.58. The second-order valence-corrected chi connectivity index (χ2v) is 7.01. The fourth-order valence-corrected chi connectivity index (χ4v) is 3.43. The molecule has 1 fully saturated rings. The second kappa shape index (κ2) is 9.51. The molecule has 1 saturated carbocycles. The third-order valence-electron chi connectivity index (χ3n) is 4.95. The van der Waals surface area contributed by atoms with Gasteiger partial charge in [-0.2, -0.15) is 20.0 Å². The first kappa shape index (κ1) is 21.5. The Hall–Kier alpha value is -3.24. The second-order valence-electron chi connectivity index (χ2n) is 7.01. The first-order chi connectivity index (χ1) is 14.1. The van der Waals surface area contributed by atoms with E-state index in [4.69, 9.17) is 11.5 Å². The van der Waals surface area contributed by atoms with E-state index in [1.807, 2.05) is 24.3 Å². The van der Waals surface area contributed by atoms with Crippen LogP contribution in [0.1, 0.15) is 36.0 Å². The number of nitrogens with zero attached hydrogens (tertiary/aromatic N) is 5. The molecule has 0 bridgehead atoms. The van der Waals surface area contributed by atoms with Crippen molar-refractivity contribution < 1.29 is 4.79 Å². The van der Waals surface area contributed by atoms with Gasteiger partial charge in [-0.1, -0.05) is 18.9 Å². The third-order valence-corrected chi connectivity index (χ3v) is 4.95. The summed E-state index contributed by atoms with van der Waals surface area (Å²) in [5.41, 5.74) is 13.4. The van der Waals surface area contributed by atoms with E-state index >= 15 is 0 Å². The predicted molar refractivity (Wildman–Crippen MR) is 116 cm³/mol. The Morgan fingerprint density at radius 1 is 1.17 bits per heavy atom. The van der Waals surface area contributed by atoms with Gasteiger partial charge in [0.15, 0.2) is 0 Å². The van der Waals surface area contributed by atoms with E-state index in [1.165, 1.54) is 11.0 Å². The predicted octanol–water partition coefficient (Wildman–Crippen LogP) is 2.00. The van der Waals surface area contributed by atoms with Crippen LogP contribution in [0.2, 0.25) is 0 Å². The van der Waals surface area contributed by atoms with Crippen LogP contribution in [0.15, 0.2) is 42.9 Å². The van der Waals surface area contributed by atoms with Crippen molar-refractivity contribution in [1.29, 1.82) is 0 Å². The number of halogens is 1. The molecule has 2 aromatic heterocycles. The van der Waals surface area contributed by atoms with E-state index in [0.717, 1.165) is 31.4 Å². The van der Waals surface area contributed by atoms with Crippen molar-refractivity contribution in [1.82, 2.24) is 25.0 Å². The topological polar surface area (TPSA) is 150 Å². The molecule has 10 nitrogen and oxygen atoms in total. The number of benzene rings is 1. The maximum atomic E-state index is 11.9. The summed E-state index contributed by atoms with van der Waals surface area (Å²) >= 11 is 0. The molecule has 3 aromatic rings. The van der Waals surface area contributed by atoms with Gasteiger partial charge >= 0.3 is 0 Å². The summed E-state index contributed by atoms with van der Waals surface area (Å²) in [7, 11) is 0. The quantitative estimate of drug-likeness (QED) is 0.464. The Morgan fingerprint density at radius 3 is 2.67 bits per heavy atom. The van der Waals surface area contributed by atoms with Crippen molar-refractivity contribution in [3.05, 3.63) is 48.4 Å². The highest BCUT2D eigenvalue weighted by atomic mass is 35.5. The molecular formula is C19H24ClN9O. The highest BCUT2D eigenvalue weighted by molar-refractivity contribution is 5.98. The summed E-state index contributed by atoms with van der Waals surface area (Å²) in [6.45, 7) is 0. The molecule has 30 heavy (non-hydrogen) atoms. The van der Waals surface area contributed by atoms with Crippen LogP contribution in [0.3, 0.4) is 0 Å². The number of anilines is 3. The molecule has 6 N–H and O–H groups in total. The number of primary amides is 1. The molecule has 1 aliphatic rings. The molecule has 1 aromatic carbocycles. The highest BCUT2D eigenvalue weighted by Crippen LogP contribution is 2.24. The number of amides is 1. The van der Waals surface area contributed by atoms with E-state index in [9.17, 15) is 4.79 Å². The summed E-state index contributed by atoms with van der Waals surface area (Å²) in [6.07, 6.45) is 8.81. The normalized spacial score (nSPS) is 18.3. The minimum atomic E-state index is -0.613. The van der Waals surface area contributed by atoms with Crippen molar-refractivity contribution in [2.24, 2.45) is 11.5 Å². The lowest BCUT2D eigenvalue weighted by Crippen LogP contribution is -2.43. The van der Waals surface area contributed by atoms with Crippen LogP contribution >= 0.6 is 12.4 Å². The molecule has 1 amide bonds. The maximum absolute atomic E-state index is 11.9. The third kappa shape index (κ3) is 4.84. The Morgan fingerprint density at radius 2 is 1.93 bits per heavy atom. The fourth-order valence-electron chi connectivity index (χ4n) is 3.43. The Balaban J connectivity index is 0.00000256. The van der Waals surface area contributed by atoms with Gasteiger partial charge < -0.3 is 22.1 Å². The molecule has 1 unspecified atom stereocenters. The highest BCUT2D eigenvalue weighted by Gasteiger charge is 2.23. The fraction of sp³-hybridized carbons (Fsp3) is 0.316. The standard InChI is InChI=1S/C19H23N9O.ClH/c20-15-6-1-2-7-16(15)26-19-22-11-14(17(21)29)18(27-19)25-12-4-3-5-13(10-12)28-23-8-9-24-28;/h3-5,8-11,15-16H,1-2,6-7,20H2,(H2,21,29)(H2,22,25,26,27);1H/t15-,16?;/m0./s1. The minimum absolute atomic E-state index is 0. The van der Waals surface area contributed by atoms with Gasteiger partial charge in [0.25, 0.3) is 5.91 Å². The SMILES string of the molecule is Cl.NC(=O)c1cnc(NC2CCCC[C@@H]2N)nc1Nc1cccc(-n2nccn2)c1. The molecule has 158 valence electrons. The van der Waals surface area contributed by atoms with Gasteiger partial charge in [0.1, 0.15) is 11.4 Å². The lowest BCUT2D eigenvalue weighted by molar-refractivity contribution is 0.100. The number of nitrogens with one attached hydrogen (secondary N) is 2. The van der Waals surface area contributed by atoms with Crippen LogP contribution in [-0.2, 0) is 0 Å². The molecule has 2 atom stereocenters. The molecule has 0 radical (unpaired) electrons. The number of hydrogen-bond donors (Lipinski definition) is 4. The number of rotatable bonds is 6. The van der Waals surface area contributed by atoms with Gasteiger partial charge in [-0.05, 0) is 31.0 Å². The van der Waals surface area contributed by atoms with E-state index in [2.05, 4.69) is 30.8 Å². The zero-order chi connectivity index (χ0) is 20.2. The number of aromatic nitrogens is 5. The van der Waals surface area contributed by atoms with Crippen LogP contribution < -0.4 is 22.1 Å². The van der Waals surface area contributed by atoms with E-state index in [1.54, 1.807) is 12.4 Å². The van der Waals surface area contributed by atoms with E-state index in [-0.39, 0.29) is 30.1 Å². The van der Waals surface area contributed by atoms with Gasteiger partial charge in [-0.3, -0.25) is 4.79 Å². The zero-order valence-electron chi connectivity index (χ0n) is 16.2. The van der Waals surface area contributed by atoms with E-state index < -0.39 is 5.91 Å². The first-order valence-electron chi connectivity index (χ1n) is 9.53. The van der Waals surface area contributed by atoms with Crippen LogP contribution in [0, 0.1) is 0 Å². The average Bonchev–Trinajstić information content (AvgIpc) is 3.25. The van der Waals surface area contributed by atoms with Gasteiger partial charge in [0.2, 0.25) is 5.95 Å². The monoisotopic (exact) mass is 429 g/mol. The summed E-state index contributed by atoms with van der Waals surface area (Å²) in [5, 5.41) is 14.7. The molecule has 2 heterocycles. The van der Waals surface area contributed by atoms with Gasteiger partial charge in [-0.25, -0.2) is 4.98 Å². The average molecular weight is 430 g/mol. The van der Waals surface area contributed by atoms with Crippen LogP contribution in [0.25, 0.3) is 5.69 Å². The lowest BCUT2D eigenvalue weighted by atomic mass is 9.91. The summed E-state index contributed by atoms with van der Waals surface area (Å²) in [4.78, 5) is 22.1. The molecular weight excluding hydrogens is 406 g/mol. The van der Waals surface area contributed by atoms with Crippen molar-refractivity contribution in [2.75, 3.05) is 10.6 Å². The van der Waals surface area contributed by atoms with Crippen molar-refractivity contribution in [3.8, 4) is 5.69 Å². The smallest absolute Gasteiger partial charge is 0.254 e. The molecule has 0 spiro atoms. The lowest BCUT2D eigenvalue weighted by Gasteiger charge is -2.29. The van der Waals surface area contributed by atoms with Gasteiger partial charge in [-0.15, -0.1) is 12.4 Å². The summed E-state index contributed by atoms with van der Waals surface area (Å²) in [5.74, 6) is 0.119. The minimum Gasteiger partial charge on any atom is -0.365 e. The molecule has 0 aliphatic heterocycles. The van der Waals surface area contributed by atoms with Crippen LogP contribution in [0.5, 0.6) is 0 Å². The molecule has 11 heteroatoms. The first-order valence-corrected chi connectivity index (χ1v) is 9.53. The molecule has 4 rings (SSSR count). The largest absolute Gasteiger partial charge is 0.365 e. The van der Waals surface area contributed by atoms with Crippen molar-refractivity contribution in [3.63, 3.8) is 0 Å². The van der Waals surface area contributed by atoms with Gasteiger partial charge in [0, 0.05) is 24.0 Å². The number of nitrogens with two attached hydrogens (primary N) is 2. The molecule has 1 aliphatic carbocycles. The Bertz CT molecular complexity index is 995. The van der Waals surface area contributed by atoms with Crippen molar-refractivity contribution >= 4 is 35.8 Å². The zero-order valence-corrected chi connectivity index (χ0v) is 17.0. The van der Waals surface area contributed by atoms with Crippen molar-refractivity contribution in [2.45, 2.75) is 37.8 Å². The number of carbonyl (C=O) groups is 1. The van der Waals surface area contributed by atoms with Gasteiger partial charge in [0.05, 0.1) is 18.1 Å². The summed E-state index contributed by atoms with van der Waals surface area (Å²) < 4.78 is 0. The Labute approximate surface area is 179 Å². The van der Waals surface area contributed by atoms with Crippen LogP contribution in [-0.4, -0.2) is 43.0 Å². The maximum Gasteiger partial charge on any atom is 0.254 e. The number of hydrogen-bond acceptors (Lipinski definition) is 8. The number of carbonyl (C=O) groups excluding carboxylic acids is 1. The van der Waals surface area contributed by atoms with E-state index in [0.29, 0.717) is 17.5 Å². The Kier molecular flexibility index (Phi) is 6.80. The molecule has 0 saturated heterocycles. The van der Waals surface area contributed by atoms with Crippen LogP contribution in [0.4, 0.5) is 17.5 Å².